The van der Waals surface area contributed by atoms with Crippen molar-refractivity contribution < 1.29 is 24.2 Å². The molecule has 0 spiro atoms. The molecule has 1 saturated carbocycles. The molecule has 2 aliphatic rings. The Hall–Kier alpha value is -1.30. The molecule has 120 valence electrons. The average molecular weight is 299 g/mol. The molecule has 5 atom stereocenters. The Morgan fingerprint density at radius 1 is 1.29 bits per heavy atom. The van der Waals surface area contributed by atoms with Gasteiger partial charge in [0, 0.05) is 13.2 Å². The summed E-state index contributed by atoms with van der Waals surface area (Å²) in [7, 11) is 1.50. The second-order valence-electron chi connectivity index (χ2n) is 7.08. The van der Waals surface area contributed by atoms with Crippen molar-refractivity contribution >= 4 is 12.1 Å². The number of carboxylic acid groups (broad SMARTS) is 1. The Bertz CT molecular complexity index is 430. The topological polar surface area (TPSA) is 76.1 Å². The van der Waals surface area contributed by atoms with E-state index in [-0.39, 0.29) is 18.2 Å². The number of piperidine rings is 1. The number of hydrogen-bond donors (Lipinski definition) is 1. The van der Waals surface area contributed by atoms with Crippen LogP contribution in [-0.2, 0) is 14.3 Å². The van der Waals surface area contributed by atoms with Gasteiger partial charge in [-0.2, -0.15) is 0 Å². The van der Waals surface area contributed by atoms with Gasteiger partial charge in [-0.25, -0.2) is 4.79 Å². The minimum atomic E-state index is -0.911. The van der Waals surface area contributed by atoms with Crippen LogP contribution in [0, 0.1) is 11.8 Å². The summed E-state index contributed by atoms with van der Waals surface area (Å²) >= 11 is 0. The van der Waals surface area contributed by atoms with Gasteiger partial charge in [0.05, 0.1) is 18.1 Å². The van der Waals surface area contributed by atoms with E-state index in [1.165, 1.54) is 7.11 Å². The number of carbonyl (C=O) groups excluding carboxylic acids is 1. The highest BCUT2D eigenvalue weighted by Gasteiger charge is 2.58. The van der Waals surface area contributed by atoms with Crippen LogP contribution in [0.1, 0.15) is 40.5 Å². The summed E-state index contributed by atoms with van der Waals surface area (Å²) < 4.78 is 10.9. The lowest BCUT2D eigenvalue weighted by Gasteiger charge is -2.35. The molecular weight excluding hydrogens is 274 g/mol. The van der Waals surface area contributed by atoms with Crippen molar-refractivity contribution in [1.29, 1.82) is 0 Å². The number of hydrogen-bond acceptors (Lipinski definition) is 4. The van der Waals surface area contributed by atoms with Crippen molar-refractivity contribution in [3.63, 3.8) is 0 Å². The van der Waals surface area contributed by atoms with E-state index in [0.29, 0.717) is 5.92 Å². The highest BCUT2D eigenvalue weighted by Crippen LogP contribution is 2.50. The zero-order valence-corrected chi connectivity index (χ0v) is 13.3. The van der Waals surface area contributed by atoms with Gasteiger partial charge < -0.3 is 14.6 Å². The zero-order valence-electron chi connectivity index (χ0n) is 13.3. The maximum absolute atomic E-state index is 12.4. The smallest absolute Gasteiger partial charge is 0.410 e. The molecule has 6 heteroatoms. The third-order valence-corrected chi connectivity index (χ3v) is 4.28. The normalized spacial score (nSPS) is 30.5. The number of methoxy groups -OCH3 is 1. The zero-order chi connectivity index (χ0) is 15.9. The van der Waals surface area contributed by atoms with Gasteiger partial charge in [-0.05, 0) is 46.5 Å². The number of fused-ring (bicyclic) bond motifs is 1. The minimum Gasteiger partial charge on any atom is -0.481 e. The fourth-order valence-corrected chi connectivity index (χ4v) is 3.21. The molecule has 2 fully saturated rings. The number of amides is 1. The van der Waals surface area contributed by atoms with Crippen molar-refractivity contribution in [3.8, 4) is 0 Å². The monoisotopic (exact) mass is 299 g/mol. The first-order valence-corrected chi connectivity index (χ1v) is 7.42. The first kappa shape index (κ1) is 16.1. The molecule has 1 saturated heterocycles. The van der Waals surface area contributed by atoms with Crippen LogP contribution in [-0.4, -0.2) is 53.0 Å². The van der Waals surface area contributed by atoms with Crippen molar-refractivity contribution in [2.24, 2.45) is 11.8 Å². The van der Waals surface area contributed by atoms with Crippen LogP contribution in [0.25, 0.3) is 0 Å². The molecule has 0 aromatic heterocycles. The summed E-state index contributed by atoms with van der Waals surface area (Å²) in [4.78, 5) is 25.4. The third kappa shape index (κ3) is 3.31. The van der Waals surface area contributed by atoms with Crippen molar-refractivity contribution in [3.05, 3.63) is 0 Å². The van der Waals surface area contributed by atoms with Gasteiger partial charge in [0.1, 0.15) is 5.60 Å². The molecule has 2 rings (SSSR count). The van der Waals surface area contributed by atoms with Crippen LogP contribution in [0.15, 0.2) is 0 Å². The molecule has 0 unspecified atom stereocenters. The van der Waals surface area contributed by atoms with Crippen LogP contribution < -0.4 is 0 Å². The fourth-order valence-electron chi connectivity index (χ4n) is 3.21. The molecule has 1 aliphatic carbocycles. The van der Waals surface area contributed by atoms with E-state index in [2.05, 4.69) is 0 Å². The van der Waals surface area contributed by atoms with Crippen LogP contribution in [0.4, 0.5) is 4.79 Å². The fraction of sp³-hybridized carbons (Fsp3) is 0.867. The highest BCUT2D eigenvalue weighted by molar-refractivity contribution is 5.72. The number of likely N-dealkylation sites (tertiary alicyclic amines) is 1. The van der Waals surface area contributed by atoms with Gasteiger partial charge in [0.25, 0.3) is 0 Å². The summed E-state index contributed by atoms with van der Waals surface area (Å²) in [6, 6.07) is -0.0387. The molecular formula is C15H25NO5. The number of carboxylic acids is 1. The molecule has 6 nitrogen and oxygen atoms in total. The predicted molar refractivity (Wildman–Crippen MR) is 76.0 cm³/mol. The Morgan fingerprint density at radius 2 is 1.90 bits per heavy atom. The quantitative estimate of drug-likeness (QED) is 0.860. The second-order valence-corrected chi connectivity index (χ2v) is 7.08. The van der Waals surface area contributed by atoms with Gasteiger partial charge in [-0.15, -0.1) is 0 Å². The number of aliphatic carboxylic acids is 1. The first-order chi connectivity index (χ1) is 9.65. The molecule has 0 bridgehead atoms. The van der Waals surface area contributed by atoms with Crippen LogP contribution in [0.3, 0.4) is 0 Å². The predicted octanol–water partition coefficient (Wildman–Crippen LogP) is 2.12. The van der Waals surface area contributed by atoms with E-state index in [1.807, 2.05) is 20.8 Å². The van der Waals surface area contributed by atoms with E-state index in [4.69, 9.17) is 9.47 Å². The summed E-state index contributed by atoms with van der Waals surface area (Å²) in [5.74, 6) is -1.12. The summed E-state index contributed by atoms with van der Waals surface area (Å²) in [6.07, 6.45) is 0.896. The lowest BCUT2D eigenvalue weighted by molar-refractivity contribution is -0.148. The van der Waals surface area contributed by atoms with E-state index in [9.17, 15) is 14.7 Å². The van der Waals surface area contributed by atoms with Gasteiger partial charge >= 0.3 is 12.1 Å². The maximum atomic E-state index is 12.4. The SMILES string of the molecule is CO[C@H]([C@@H](C)C(=O)O)[C@@H]1C[C@@H]2C[C@@H]2N1C(=O)OC(C)(C)C. The Kier molecular flexibility index (Phi) is 4.19. The van der Waals surface area contributed by atoms with Crippen molar-refractivity contribution in [1.82, 2.24) is 4.90 Å². The maximum Gasteiger partial charge on any atom is 0.410 e. The minimum absolute atomic E-state index is 0.184. The molecule has 0 aromatic rings. The van der Waals surface area contributed by atoms with E-state index in [1.54, 1.807) is 11.8 Å². The lowest BCUT2D eigenvalue weighted by Crippen LogP contribution is -2.50. The molecule has 1 amide bonds. The number of nitrogens with zero attached hydrogens (tertiary/aromatic N) is 1. The summed E-state index contributed by atoms with van der Waals surface area (Å²) in [5.41, 5.74) is -0.560. The van der Waals surface area contributed by atoms with Crippen molar-refractivity contribution in [2.75, 3.05) is 7.11 Å². The van der Waals surface area contributed by atoms with Crippen LogP contribution in [0.2, 0.25) is 0 Å². The first-order valence-electron chi connectivity index (χ1n) is 7.42. The van der Waals surface area contributed by atoms with E-state index in [0.717, 1.165) is 12.8 Å². The van der Waals surface area contributed by atoms with E-state index < -0.39 is 23.6 Å². The number of ether oxygens (including phenoxy) is 2. The molecule has 1 aliphatic heterocycles. The Labute approximate surface area is 125 Å². The van der Waals surface area contributed by atoms with Gasteiger partial charge in [-0.1, -0.05) is 0 Å². The van der Waals surface area contributed by atoms with Gasteiger partial charge in [0.15, 0.2) is 0 Å². The Morgan fingerprint density at radius 3 is 2.38 bits per heavy atom. The Balaban J connectivity index is 2.14. The summed E-state index contributed by atoms with van der Waals surface area (Å²) in [5, 5.41) is 9.22. The molecule has 0 radical (unpaired) electrons. The number of carbonyl (C=O) groups is 2. The molecule has 0 aromatic carbocycles. The average Bonchev–Trinajstić information content (AvgIpc) is 2.98. The molecule has 1 heterocycles. The standard InChI is InChI=1S/C15H25NO5/c1-8(13(17)18)12(20-5)11-7-9-6-10(9)16(11)14(19)21-15(2,3)4/h8-12H,6-7H2,1-5H3,(H,17,18)/t8-,9+,10+,11+,12-/m1/s1. The van der Waals surface area contributed by atoms with Gasteiger partial charge in [0.2, 0.25) is 0 Å². The largest absolute Gasteiger partial charge is 0.481 e. The molecule has 1 N–H and O–H groups in total. The highest BCUT2D eigenvalue weighted by atomic mass is 16.6. The summed E-state index contributed by atoms with van der Waals surface area (Å²) in [6.45, 7) is 7.10. The van der Waals surface area contributed by atoms with Crippen LogP contribution >= 0.6 is 0 Å². The molecule has 21 heavy (non-hydrogen) atoms. The lowest BCUT2D eigenvalue weighted by atomic mass is 9.94. The van der Waals surface area contributed by atoms with E-state index >= 15 is 0 Å². The van der Waals surface area contributed by atoms with Crippen LogP contribution in [0.5, 0.6) is 0 Å². The number of rotatable bonds is 4. The van der Waals surface area contributed by atoms with Gasteiger partial charge in [-0.3, -0.25) is 9.69 Å². The third-order valence-electron chi connectivity index (χ3n) is 4.28. The second kappa shape index (κ2) is 5.48. The van der Waals surface area contributed by atoms with Crippen molar-refractivity contribution in [2.45, 2.75) is 64.3 Å².